The van der Waals surface area contributed by atoms with E-state index < -0.39 is 0 Å². The summed E-state index contributed by atoms with van der Waals surface area (Å²) in [6, 6.07) is 12.0. The van der Waals surface area contributed by atoms with Crippen molar-refractivity contribution in [1.29, 1.82) is 0 Å². The fourth-order valence-electron chi connectivity index (χ4n) is 2.30. The number of nitrogen functional groups attached to an aromatic ring is 1. The molecule has 0 aliphatic carbocycles. The van der Waals surface area contributed by atoms with Crippen LogP contribution in [0.25, 0.3) is 0 Å². The molecule has 2 heterocycles. The molecule has 6 nitrogen and oxygen atoms in total. The average Bonchev–Trinajstić information content (AvgIpc) is 3.12. The minimum absolute atomic E-state index is 0.442. The lowest BCUT2D eigenvalue weighted by atomic mass is 10.2. The number of thiophene rings is 1. The van der Waals surface area contributed by atoms with Crippen LogP contribution in [-0.2, 0) is 6.54 Å². The SMILES string of the molecule is C=C(Nc1ccc(CN=Cc2c(C)ncnc2N)cc1)Nc1cccs1. The molecule has 0 saturated heterocycles. The third-order valence-corrected chi connectivity index (χ3v) is 4.44. The van der Waals surface area contributed by atoms with Crippen molar-refractivity contribution in [3.63, 3.8) is 0 Å². The molecular weight excluding hydrogens is 344 g/mol. The number of nitrogens with two attached hydrogens (primary N) is 1. The van der Waals surface area contributed by atoms with Gasteiger partial charge in [0.25, 0.3) is 0 Å². The van der Waals surface area contributed by atoms with Crippen molar-refractivity contribution >= 4 is 34.1 Å². The average molecular weight is 364 g/mol. The van der Waals surface area contributed by atoms with Crippen molar-refractivity contribution in [2.45, 2.75) is 13.5 Å². The first-order chi connectivity index (χ1) is 12.6. The Morgan fingerprint density at radius 3 is 2.73 bits per heavy atom. The molecule has 0 fully saturated rings. The number of anilines is 3. The zero-order chi connectivity index (χ0) is 18.4. The molecule has 2 aromatic heterocycles. The van der Waals surface area contributed by atoms with Crippen LogP contribution in [0.5, 0.6) is 0 Å². The molecule has 3 rings (SSSR count). The Hall–Kier alpha value is -3.19. The van der Waals surface area contributed by atoms with Crippen LogP contribution in [0, 0.1) is 6.92 Å². The van der Waals surface area contributed by atoms with E-state index in [1.54, 1.807) is 17.6 Å². The van der Waals surface area contributed by atoms with Crippen molar-refractivity contribution in [3.8, 4) is 0 Å². The van der Waals surface area contributed by atoms with E-state index >= 15 is 0 Å². The lowest BCUT2D eigenvalue weighted by Gasteiger charge is -2.11. The third-order valence-electron chi connectivity index (χ3n) is 3.65. The van der Waals surface area contributed by atoms with Gasteiger partial charge in [-0.15, -0.1) is 11.3 Å². The van der Waals surface area contributed by atoms with Gasteiger partial charge in [0.1, 0.15) is 18.0 Å². The van der Waals surface area contributed by atoms with Gasteiger partial charge < -0.3 is 16.4 Å². The second-order valence-corrected chi connectivity index (χ2v) is 6.58. The largest absolute Gasteiger partial charge is 0.383 e. The lowest BCUT2D eigenvalue weighted by molar-refractivity contribution is 1.06. The minimum atomic E-state index is 0.442. The Bertz CT molecular complexity index is 880. The zero-order valence-corrected chi connectivity index (χ0v) is 15.3. The van der Waals surface area contributed by atoms with E-state index in [9.17, 15) is 0 Å². The van der Waals surface area contributed by atoms with Crippen LogP contribution in [0.4, 0.5) is 16.5 Å². The number of nitrogens with one attached hydrogen (secondary N) is 2. The van der Waals surface area contributed by atoms with Crippen LogP contribution in [0.15, 0.2) is 65.5 Å². The van der Waals surface area contributed by atoms with Crippen LogP contribution < -0.4 is 16.4 Å². The maximum Gasteiger partial charge on any atom is 0.135 e. The summed E-state index contributed by atoms with van der Waals surface area (Å²) >= 11 is 1.63. The summed E-state index contributed by atoms with van der Waals surface area (Å²) in [5.74, 6) is 1.17. The number of hydrogen-bond donors (Lipinski definition) is 3. The number of nitrogens with zero attached hydrogens (tertiary/aromatic N) is 3. The molecule has 4 N–H and O–H groups in total. The number of rotatable bonds is 7. The van der Waals surface area contributed by atoms with Gasteiger partial charge in [0.05, 0.1) is 22.8 Å². The molecule has 7 heteroatoms. The van der Waals surface area contributed by atoms with Crippen LogP contribution in [-0.4, -0.2) is 16.2 Å². The Morgan fingerprint density at radius 2 is 2.04 bits per heavy atom. The highest BCUT2D eigenvalue weighted by Crippen LogP contribution is 2.18. The highest BCUT2D eigenvalue weighted by molar-refractivity contribution is 7.14. The number of hydrogen-bond acceptors (Lipinski definition) is 7. The number of benzene rings is 1. The summed E-state index contributed by atoms with van der Waals surface area (Å²) in [6.07, 6.45) is 3.18. The van der Waals surface area contributed by atoms with E-state index in [-0.39, 0.29) is 0 Å². The van der Waals surface area contributed by atoms with E-state index in [0.29, 0.717) is 12.4 Å². The van der Waals surface area contributed by atoms with Crippen LogP contribution >= 0.6 is 11.3 Å². The van der Waals surface area contributed by atoms with E-state index in [0.717, 1.165) is 33.3 Å². The molecule has 0 unspecified atom stereocenters. The van der Waals surface area contributed by atoms with Gasteiger partial charge in [0, 0.05) is 11.9 Å². The van der Waals surface area contributed by atoms with Crippen LogP contribution in [0.1, 0.15) is 16.8 Å². The second kappa shape index (κ2) is 8.26. The van der Waals surface area contributed by atoms with Gasteiger partial charge in [-0.2, -0.15) is 0 Å². The highest BCUT2D eigenvalue weighted by atomic mass is 32.1. The minimum Gasteiger partial charge on any atom is -0.383 e. The molecule has 0 spiro atoms. The van der Waals surface area contributed by atoms with Crippen molar-refractivity contribution in [2.75, 3.05) is 16.4 Å². The van der Waals surface area contributed by atoms with Crippen molar-refractivity contribution < 1.29 is 0 Å². The maximum absolute atomic E-state index is 5.85. The summed E-state index contributed by atoms with van der Waals surface area (Å²) in [5, 5.41) is 9.51. The normalized spacial score (nSPS) is 10.8. The number of aryl methyl sites for hydroxylation is 1. The van der Waals surface area contributed by atoms with E-state index in [4.69, 9.17) is 5.73 Å². The maximum atomic E-state index is 5.85. The predicted molar refractivity (Wildman–Crippen MR) is 110 cm³/mol. The van der Waals surface area contributed by atoms with Crippen LogP contribution in [0.3, 0.4) is 0 Å². The first-order valence-electron chi connectivity index (χ1n) is 8.04. The molecular formula is C19H20N6S. The van der Waals surface area contributed by atoms with Gasteiger partial charge in [0.2, 0.25) is 0 Å². The Balaban J connectivity index is 1.56. The van der Waals surface area contributed by atoms with Gasteiger partial charge in [-0.05, 0) is 42.1 Å². The Morgan fingerprint density at radius 1 is 1.23 bits per heavy atom. The molecule has 0 atom stereocenters. The van der Waals surface area contributed by atoms with Crippen molar-refractivity contribution in [1.82, 2.24) is 9.97 Å². The molecule has 0 radical (unpaired) electrons. The summed E-state index contributed by atoms with van der Waals surface area (Å²) in [5.41, 5.74) is 9.49. The lowest BCUT2D eigenvalue weighted by Crippen LogP contribution is -2.07. The van der Waals surface area contributed by atoms with Gasteiger partial charge in [0.15, 0.2) is 0 Å². The summed E-state index contributed by atoms with van der Waals surface area (Å²) in [7, 11) is 0. The summed E-state index contributed by atoms with van der Waals surface area (Å²) in [6.45, 7) is 6.43. The van der Waals surface area contributed by atoms with Crippen LogP contribution in [0.2, 0.25) is 0 Å². The van der Waals surface area contributed by atoms with Gasteiger partial charge in [-0.1, -0.05) is 18.7 Å². The highest BCUT2D eigenvalue weighted by Gasteiger charge is 2.02. The first-order valence-corrected chi connectivity index (χ1v) is 8.92. The van der Waals surface area contributed by atoms with Crippen molar-refractivity contribution in [2.24, 2.45) is 4.99 Å². The first kappa shape index (κ1) is 17.6. The van der Waals surface area contributed by atoms with Gasteiger partial charge in [-0.3, -0.25) is 4.99 Å². The molecule has 3 aromatic rings. The van der Waals surface area contributed by atoms with E-state index in [2.05, 4.69) is 32.2 Å². The van der Waals surface area contributed by atoms with Gasteiger partial charge in [-0.25, -0.2) is 9.97 Å². The molecule has 0 aliphatic heterocycles. The summed E-state index contributed by atoms with van der Waals surface area (Å²) < 4.78 is 0. The Labute approximate surface area is 156 Å². The fraction of sp³-hybridized carbons (Fsp3) is 0.105. The molecule has 132 valence electrons. The number of aliphatic imine (C=N–C) groups is 1. The second-order valence-electron chi connectivity index (χ2n) is 5.63. The van der Waals surface area contributed by atoms with E-state index in [1.807, 2.05) is 48.7 Å². The standard InChI is InChI=1S/C19H20N6S/c1-13-17(19(20)23-12-22-13)11-21-10-15-5-7-16(8-6-15)24-14(2)25-18-4-3-9-26-18/h3-9,11-12,24-25H,2,10H2,1H3,(H2,20,22,23). The number of aromatic nitrogens is 2. The smallest absolute Gasteiger partial charge is 0.135 e. The van der Waals surface area contributed by atoms with E-state index in [1.165, 1.54) is 6.33 Å². The zero-order valence-electron chi connectivity index (χ0n) is 14.4. The monoisotopic (exact) mass is 364 g/mol. The predicted octanol–water partition coefficient (Wildman–Crippen LogP) is 4.04. The van der Waals surface area contributed by atoms with Gasteiger partial charge >= 0.3 is 0 Å². The molecule has 0 bridgehead atoms. The summed E-state index contributed by atoms with van der Waals surface area (Å²) in [4.78, 5) is 12.6. The Kier molecular flexibility index (Phi) is 5.60. The molecule has 0 aliphatic rings. The molecule has 1 aromatic carbocycles. The molecule has 0 saturated carbocycles. The fourth-order valence-corrected chi connectivity index (χ4v) is 2.94. The third kappa shape index (κ3) is 4.67. The quantitative estimate of drug-likeness (QED) is 0.551. The topological polar surface area (TPSA) is 88.2 Å². The molecule has 0 amide bonds. The molecule has 26 heavy (non-hydrogen) atoms. The van der Waals surface area contributed by atoms with Crippen molar-refractivity contribution in [3.05, 3.63) is 77.3 Å².